The minimum Gasteiger partial charge on any atom is -0.410 e. The van der Waals surface area contributed by atoms with Crippen LogP contribution in [-0.4, -0.2) is 52.8 Å². The topological polar surface area (TPSA) is 47.9 Å². The number of aliphatic hydroxyl groups is 1. The summed E-state index contributed by atoms with van der Waals surface area (Å²) in [5.74, 6) is 0. The number of rotatable bonds is 11. The van der Waals surface area contributed by atoms with Gasteiger partial charge in [0.05, 0.1) is 31.0 Å². The number of hydrogen-bond donors (Lipinski definition) is 1. The van der Waals surface area contributed by atoms with Crippen molar-refractivity contribution in [1.82, 2.24) is 0 Å². The summed E-state index contributed by atoms with van der Waals surface area (Å²) in [5.41, 5.74) is 1.53. The van der Waals surface area contributed by atoms with Gasteiger partial charge in [0.1, 0.15) is 0 Å². The van der Waals surface area contributed by atoms with Crippen molar-refractivity contribution >= 4 is 27.0 Å². The highest BCUT2D eigenvalue weighted by molar-refractivity contribution is 6.99. The van der Waals surface area contributed by atoms with Gasteiger partial charge in [-0.15, -0.1) is 0 Å². The van der Waals surface area contributed by atoms with Crippen LogP contribution in [0.5, 0.6) is 0 Å². The lowest BCUT2D eigenvalue weighted by atomic mass is 10.1. The fraction of sp³-hybridized carbons (Fsp3) is 0.625. The maximum Gasteiger partial charge on any atom is 0.261 e. The average Bonchev–Trinajstić information content (AvgIpc) is 3.22. The molecule has 2 aromatic rings. The molecule has 0 aromatic heterocycles. The second-order valence-electron chi connectivity index (χ2n) is 13.1. The van der Waals surface area contributed by atoms with E-state index in [2.05, 4.69) is 130 Å². The molecular formula is C32H52O4Si2. The number of benzene rings is 2. The van der Waals surface area contributed by atoms with Crippen LogP contribution >= 0.6 is 0 Å². The van der Waals surface area contributed by atoms with Gasteiger partial charge in [0.2, 0.25) is 8.32 Å². The normalized spacial score (nSPS) is 22.0. The summed E-state index contributed by atoms with van der Waals surface area (Å²) in [4.78, 5) is 0. The van der Waals surface area contributed by atoms with Crippen LogP contribution in [0.3, 0.4) is 0 Å². The molecule has 3 rings (SSSR count). The summed E-state index contributed by atoms with van der Waals surface area (Å²) in [6, 6.07) is 21.2. The third kappa shape index (κ3) is 5.91. The molecular weight excluding hydrogens is 505 g/mol. The summed E-state index contributed by atoms with van der Waals surface area (Å²) >= 11 is 0. The summed E-state index contributed by atoms with van der Waals surface area (Å²) < 4.78 is 21.0. The van der Waals surface area contributed by atoms with Crippen molar-refractivity contribution in [3.05, 3.63) is 60.7 Å². The van der Waals surface area contributed by atoms with Crippen molar-refractivity contribution < 1.29 is 18.7 Å². The third-order valence-electron chi connectivity index (χ3n) is 8.78. The quantitative estimate of drug-likeness (QED) is 0.314. The summed E-state index contributed by atoms with van der Waals surface area (Å²) in [5, 5.41) is 13.0. The molecule has 0 amide bonds. The Labute approximate surface area is 234 Å². The molecule has 0 saturated carbocycles. The SMILES string of the molecule is CC(C)[Si](O[C@@H]1C[C@H]([C@@H](CO)O[Si](c2ccccc2)(c2ccccc2)C(C)(C)C)O[C@H]1C)(C(C)C)C(C)C. The zero-order chi connectivity index (χ0) is 28.3. The van der Waals surface area contributed by atoms with Crippen LogP contribution in [0.1, 0.15) is 75.7 Å². The Morgan fingerprint density at radius 2 is 1.29 bits per heavy atom. The van der Waals surface area contributed by atoms with Crippen molar-refractivity contribution in [3.8, 4) is 0 Å². The minimum absolute atomic E-state index is 0.00988. The van der Waals surface area contributed by atoms with Gasteiger partial charge in [0.25, 0.3) is 8.32 Å². The van der Waals surface area contributed by atoms with Gasteiger partial charge in [-0.3, -0.25) is 0 Å². The average molecular weight is 557 g/mol. The van der Waals surface area contributed by atoms with Gasteiger partial charge in [-0.05, 0) is 39.0 Å². The first-order valence-electron chi connectivity index (χ1n) is 14.5. The first-order valence-corrected chi connectivity index (χ1v) is 18.6. The Hall–Kier alpha value is -1.29. The Morgan fingerprint density at radius 3 is 1.66 bits per heavy atom. The molecule has 1 fully saturated rings. The van der Waals surface area contributed by atoms with E-state index in [-0.39, 0.29) is 30.0 Å². The molecule has 38 heavy (non-hydrogen) atoms. The molecule has 0 bridgehead atoms. The first kappa shape index (κ1) is 31.2. The van der Waals surface area contributed by atoms with Crippen LogP contribution in [0.4, 0.5) is 0 Å². The zero-order valence-corrected chi connectivity index (χ0v) is 27.4. The maximum atomic E-state index is 10.8. The van der Waals surface area contributed by atoms with E-state index in [1.165, 1.54) is 10.4 Å². The van der Waals surface area contributed by atoms with Crippen molar-refractivity contribution in [2.75, 3.05) is 6.61 Å². The molecule has 4 nitrogen and oxygen atoms in total. The zero-order valence-electron chi connectivity index (χ0n) is 25.4. The Kier molecular flexibility index (Phi) is 10.3. The number of ether oxygens (including phenoxy) is 1. The molecule has 2 aromatic carbocycles. The van der Waals surface area contributed by atoms with E-state index in [1.54, 1.807) is 0 Å². The maximum absolute atomic E-state index is 10.8. The second-order valence-corrected chi connectivity index (χ2v) is 22.8. The molecule has 1 saturated heterocycles. The van der Waals surface area contributed by atoms with E-state index in [9.17, 15) is 5.11 Å². The number of aliphatic hydroxyl groups excluding tert-OH is 1. The Balaban J connectivity index is 1.99. The molecule has 0 aliphatic carbocycles. The monoisotopic (exact) mass is 556 g/mol. The van der Waals surface area contributed by atoms with Crippen molar-refractivity contribution in [1.29, 1.82) is 0 Å². The van der Waals surface area contributed by atoms with Crippen molar-refractivity contribution in [2.24, 2.45) is 0 Å². The molecule has 0 unspecified atom stereocenters. The van der Waals surface area contributed by atoms with Crippen LogP contribution in [-0.2, 0) is 13.6 Å². The van der Waals surface area contributed by atoms with E-state index in [1.807, 2.05) is 0 Å². The molecule has 212 valence electrons. The van der Waals surface area contributed by atoms with Gasteiger partial charge in [-0.25, -0.2) is 0 Å². The van der Waals surface area contributed by atoms with Gasteiger partial charge >= 0.3 is 0 Å². The van der Waals surface area contributed by atoms with Gasteiger partial charge in [0.15, 0.2) is 0 Å². The summed E-state index contributed by atoms with van der Waals surface area (Å²) in [6.07, 6.45) is 0.0481. The van der Waals surface area contributed by atoms with Crippen LogP contribution < -0.4 is 10.4 Å². The van der Waals surface area contributed by atoms with Gasteiger partial charge in [0, 0.05) is 6.42 Å². The highest BCUT2D eigenvalue weighted by atomic mass is 28.4. The fourth-order valence-electron chi connectivity index (χ4n) is 7.04. The second kappa shape index (κ2) is 12.5. The first-order chi connectivity index (χ1) is 17.8. The van der Waals surface area contributed by atoms with Crippen molar-refractivity contribution in [3.63, 3.8) is 0 Å². The molecule has 0 radical (unpaired) electrons. The van der Waals surface area contributed by atoms with E-state index in [0.29, 0.717) is 16.6 Å². The molecule has 0 spiro atoms. The predicted molar refractivity (Wildman–Crippen MR) is 164 cm³/mol. The molecule has 6 heteroatoms. The molecule has 4 atom stereocenters. The summed E-state index contributed by atoms with van der Waals surface area (Å²) in [6.45, 7) is 22.8. The van der Waals surface area contributed by atoms with Gasteiger partial charge in [-0.1, -0.05) is 123 Å². The molecule has 1 aliphatic heterocycles. The molecule has 1 aliphatic rings. The lowest BCUT2D eigenvalue weighted by Gasteiger charge is -2.46. The Morgan fingerprint density at radius 1 is 0.842 bits per heavy atom. The van der Waals surface area contributed by atoms with E-state index >= 15 is 0 Å². The van der Waals surface area contributed by atoms with Crippen LogP contribution in [0.15, 0.2) is 60.7 Å². The highest BCUT2D eigenvalue weighted by Gasteiger charge is 2.54. The van der Waals surface area contributed by atoms with Gasteiger partial charge < -0.3 is 18.7 Å². The molecule has 1 heterocycles. The fourth-order valence-corrected chi connectivity index (χ4v) is 17.4. The van der Waals surface area contributed by atoms with E-state index < -0.39 is 22.7 Å². The number of hydrogen-bond acceptors (Lipinski definition) is 4. The van der Waals surface area contributed by atoms with E-state index in [4.69, 9.17) is 13.6 Å². The van der Waals surface area contributed by atoms with E-state index in [0.717, 1.165) is 6.42 Å². The predicted octanol–water partition coefficient (Wildman–Crippen LogP) is 6.66. The standard InChI is InChI=1S/C32H52O4Si2/c1-23(2)37(24(3)4,25(5)6)35-29-21-30(34-26(29)7)31(22-33)36-38(32(8,9)10,27-17-13-11-14-18-27)28-19-15-12-16-20-28/h11-20,23-26,29-31,33H,21-22H2,1-10H3/t26-,29+,30+,31+/m0/s1. The smallest absolute Gasteiger partial charge is 0.261 e. The largest absolute Gasteiger partial charge is 0.410 e. The lowest BCUT2D eigenvalue weighted by molar-refractivity contribution is -0.0469. The van der Waals surface area contributed by atoms with Crippen LogP contribution in [0.2, 0.25) is 21.7 Å². The van der Waals surface area contributed by atoms with Crippen LogP contribution in [0.25, 0.3) is 0 Å². The third-order valence-corrected chi connectivity index (χ3v) is 20.0. The lowest BCUT2D eigenvalue weighted by Crippen LogP contribution is -2.68. The summed E-state index contributed by atoms with van der Waals surface area (Å²) in [7, 11) is -4.88. The van der Waals surface area contributed by atoms with Crippen LogP contribution in [0, 0.1) is 0 Å². The Bertz CT molecular complexity index is 926. The molecule has 1 N–H and O–H groups in total. The van der Waals surface area contributed by atoms with Crippen molar-refractivity contribution in [2.45, 2.75) is 122 Å². The minimum atomic E-state index is -2.82. The van der Waals surface area contributed by atoms with Gasteiger partial charge in [-0.2, -0.15) is 0 Å². The highest BCUT2D eigenvalue weighted by Crippen LogP contribution is 2.45.